The minimum Gasteiger partial charge on any atom is -0.497 e. The third-order valence-electron chi connectivity index (χ3n) is 4.69. The molecule has 0 unspecified atom stereocenters. The maximum atomic E-state index is 12.6. The van der Waals surface area contributed by atoms with Crippen LogP contribution in [-0.2, 0) is 11.4 Å². The zero-order valence-electron chi connectivity index (χ0n) is 18.6. The molecule has 34 heavy (non-hydrogen) atoms. The van der Waals surface area contributed by atoms with Gasteiger partial charge in [-0.25, -0.2) is 0 Å². The number of nitrogens with one attached hydrogen (secondary N) is 1. The summed E-state index contributed by atoms with van der Waals surface area (Å²) in [4.78, 5) is 12.6. The molecular formula is C26H22Cl2N2O4. The highest BCUT2D eigenvalue weighted by Crippen LogP contribution is 2.38. The zero-order chi connectivity index (χ0) is 24.5. The number of hydrogen-bond donors (Lipinski definition) is 1. The number of nitriles is 1. The van der Waals surface area contributed by atoms with Crippen LogP contribution >= 0.6 is 23.2 Å². The molecule has 0 heterocycles. The van der Waals surface area contributed by atoms with Crippen LogP contribution in [-0.4, -0.2) is 19.6 Å². The predicted molar refractivity (Wildman–Crippen MR) is 134 cm³/mol. The van der Waals surface area contributed by atoms with Crippen molar-refractivity contribution in [1.82, 2.24) is 0 Å². The van der Waals surface area contributed by atoms with Crippen LogP contribution in [0.2, 0.25) is 10.0 Å². The fourth-order valence-electron chi connectivity index (χ4n) is 3.03. The molecule has 0 saturated carbocycles. The molecule has 0 aliphatic heterocycles. The molecule has 3 aromatic carbocycles. The van der Waals surface area contributed by atoms with Crippen LogP contribution in [0, 0.1) is 11.3 Å². The van der Waals surface area contributed by atoms with Gasteiger partial charge < -0.3 is 19.5 Å². The molecule has 0 radical (unpaired) electrons. The molecule has 0 spiro atoms. The number of amides is 1. The standard InChI is InChI=1S/C26H22Cl2N2O4/c1-3-33-24-14-17(13-23(28)25(24)34-16-18-6-4-5-7-22(18)27)12-19(15-29)26(31)30-20-8-10-21(32-2)11-9-20/h4-14H,3,16H2,1-2H3,(H,30,31)/b19-12+. The van der Waals surface area contributed by atoms with Crippen LogP contribution in [0.5, 0.6) is 17.2 Å². The third kappa shape index (κ3) is 6.44. The Balaban J connectivity index is 1.83. The van der Waals surface area contributed by atoms with Gasteiger partial charge in [0.05, 0.1) is 18.7 Å². The molecule has 0 aliphatic carbocycles. The van der Waals surface area contributed by atoms with Crippen LogP contribution in [0.4, 0.5) is 5.69 Å². The van der Waals surface area contributed by atoms with Gasteiger partial charge in [0, 0.05) is 16.3 Å². The van der Waals surface area contributed by atoms with E-state index in [9.17, 15) is 10.1 Å². The summed E-state index contributed by atoms with van der Waals surface area (Å²) in [5, 5.41) is 13.1. The lowest BCUT2D eigenvalue weighted by atomic mass is 10.1. The Bertz CT molecular complexity index is 1230. The number of benzene rings is 3. The quantitative estimate of drug-likeness (QED) is 0.269. The van der Waals surface area contributed by atoms with Crippen molar-refractivity contribution in [1.29, 1.82) is 5.26 Å². The van der Waals surface area contributed by atoms with Gasteiger partial charge in [0.2, 0.25) is 0 Å². The van der Waals surface area contributed by atoms with Crippen LogP contribution < -0.4 is 19.5 Å². The van der Waals surface area contributed by atoms with Gasteiger partial charge in [0.25, 0.3) is 5.91 Å². The Hall–Kier alpha value is -3.66. The number of rotatable bonds is 9. The molecule has 0 saturated heterocycles. The number of hydrogen-bond acceptors (Lipinski definition) is 5. The van der Waals surface area contributed by atoms with E-state index < -0.39 is 5.91 Å². The number of methoxy groups -OCH3 is 1. The molecule has 0 aromatic heterocycles. The first-order chi connectivity index (χ1) is 16.4. The molecule has 0 bridgehead atoms. The van der Waals surface area contributed by atoms with E-state index in [4.69, 9.17) is 37.4 Å². The van der Waals surface area contributed by atoms with E-state index >= 15 is 0 Å². The Kier molecular flexibility index (Phi) is 8.80. The Morgan fingerprint density at radius 1 is 1.06 bits per heavy atom. The smallest absolute Gasteiger partial charge is 0.266 e. The van der Waals surface area contributed by atoms with Crippen molar-refractivity contribution in [3.05, 3.63) is 87.4 Å². The average molecular weight is 497 g/mol. The van der Waals surface area contributed by atoms with Crippen molar-refractivity contribution in [3.8, 4) is 23.3 Å². The van der Waals surface area contributed by atoms with Crippen LogP contribution in [0.25, 0.3) is 6.08 Å². The summed E-state index contributed by atoms with van der Waals surface area (Å²) in [5.74, 6) is 0.840. The van der Waals surface area contributed by atoms with Gasteiger partial charge >= 0.3 is 0 Å². The molecule has 3 rings (SSSR count). The van der Waals surface area contributed by atoms with Crippen molar-refractivity contribution in [2.75, 3.05) is 19.0 Å². The molecule has 8 heteroatoms. The summed E-state index contributed by atoms with van der Waals surface area (Å²) < 4.78 is 16.7. The first kappa shape index (κ1) is 25.0. The largest absolute Gasteiger partial charge is 0.497 e. The van der Waals surface area contributed by atoms with E-state index in [-0.39, 0.29) is 17.2 Å². The normalized spacial score (nSPS) is 10.9. The highest BCUT2D eigenvalue weighted by Gasteiger charge is 2.15. The van der Waals surface area contributed by atoms with Crippen molar-refractivity contribution >= 4 is 40.9 Å². The van der Waals surface area contributed by atoms with E-state index in [1.54, 1.807) is 49.6 Å². The maximum Gasteiger partial charge on any atom is 0.266 e. The molecule has 0 atom stereocenters. The van der Waals surface area contributed by atoms with Gasteiger partial charge in [-0.3, -0.25) is 4.79 Å². The molecule has 3 aromatic rings. The zero-order valence-corrected chi connectivity index (χ0v) is 20.1. The number of nitrogens with zero attached hydrogens (tertiary/aromatic N) is 1. The highest BCUT2D eigenvalue weighted by molar-refractivity contribution is 6.32. The Morgan fingerprint density at radius 2 is 1.79 bits per heavy atom. The fourth-order valence-corrected chi connectivity index (χ4v) is 3.49. The van der Waals surface area contributed by atoms with Gasteiger partial charge in [0.1, 0.15) is 24.0 Å². The minimum absolute atomic E-state index is 0.0981. The SMILES string of the molecule is CCOc1cc(/C=C(\C#N)C(=O)Nc2ccc(OC)cc2)cc(Cl)c1OCc1ccccc1Cl. The number of carbonyl (C=O) groups excluding carboxylic acids is 1. The number of anilines is 1. The predicted octanol–water partition coefficient (Wildman–Crippen LogP) is 6.53. The van der Waals surface area contributed by atoms with Crippen molar-refractivity contribution in [3.63, 3.8) is 0 Å². The van der Waals surface area contributed by atoms with Crippen molar-refractivity contribution in [2.24, 2.45) is 0 Å². The van der Waals surface area contributed by atoms with Crippen molar-refractivity contribution < 1.29 is 19.0 Å². The van der Waals surface area contributed by atoms with Gasteiger partial charge in [0.15, 0.2) is 11.5 Å². The first-order valence-electron chi connectivity index (χ1n) is 10.3. The molecule has 1 amide bonds. The Morgan fingerprint density at radius 3 is 2.44 bits per heavy atom. The number of halogens is 2. The lowest BCUT2D eigenvalue weighted by Crippen LogP contribution is -2.13. The molecular weight excluding hydrogens is 475 g/mol. The van der Waals surface area contributed by atoms with E-state index in [1.165, 1.54) is 6.08 Å². The van der Waals surface area contributed by atoms with Crippen LogP contribution in [0.15, 0.2) is 66.2 Å². The van der Waals surface area contributed by atoms with Crippen LogP contribution in [0.3, 0.4) is 0 Å². The number of ether oxygens (including phenoxy) is 3. The first-order valence-corrected chi connectivity index (χ1v) is 11.1. The van der Waals surface area contributed by atoms with Gasteiger partial charge in [-0.05, 0) is 61.0 Å². The molecule has 0 aliphatic rings. The second-order valence-corrected chi connectivity index (χ2v) is 7.81. The molecule has 174 valence electrons. The summed E-state index contributed by atoms with van der Waals surface area (Å²) in [5.41, 5.74) is 1.75. The lowest BCUT2D eigenvalue weighted by molar-refractivity contribution is -0.112. The van der Waals surface area contributed by atoms with E-state index in [1.807, 2.05) is 31.2 Å². The topological polar surface area (TPSA) is 80.6 Å². The van der Waals surface area contributed by atoms with E-state index in [2.05, 4.69) is 5.32 Å². The highest BCUT2D eigenvalue weighted by atomic mass is 35.5. The minimum atomic E-state index is -0.555. The molecule has 1 N–H and O–H groups in total. The van der Waals surface area contributed by atoms with E-state index in [0.29, 0.717) is 40.1 Å². The molecule has 0 fully saturated rings. The average Bonchev–Trinajstić information content (AvgIpc) is 2.83. The summed E-state index contributed by atoms with van der Waals surface area (Å²) in [6, 6.07) is 19.3. The summed E-state index contributed by atoms with van der Waals surface area (Å²) >= 11 is 12.7. The lowest BCUT2D eigenvalue weighted by Gasteiger charge is -2.15. The monoisotopic (exact) mass is 496 g/mol. The fraction of sp³-hybridized carbons (Fsp3) is 0.154. The second kappa shape index (κ2) is 12.0. The van der Waals surface area contributed by atoms with Crippen molar-refractivity contribution in [2.45, 2.75) is 13.5 Å². The second-order valence-electron chi connectivity index (χ2n) is 7.00. The third-order valence-corrected chi connectivity index (χ3v) is 5.33. The maximum absolute atomic E-state index is 12.6. The number of carbonyl (C=O) groups is 1. The molecule has 6 nitrogen and oxygen atoms in total. The van der Waals surface area contributed by atoms with Gasteiger partial charge in [-0.2, -0.15) is 5.26 Å². The summed E-state index contributed by atoms with van der Waals surface area (Å²) in [6.45, 7) is 2.40. The van der Waals surface area contributed by atoms with Crippen LogP contribution in [0.1, 0.15) is 18.1 Å². The van der Waals surface area contributed by atoms with Gasteiger partial charge in [-0.1, -0.05) is 41.4 Å². The summed E-state index contributed by atoms with van der Waals surface area (Å²) in [7, 11) is 1.55. The summed E-state index contributed by atoms with van der Waals surface area (Å²) in [6.07, 6.45) is 1.44. The van der Waals surface area contributed by atoms with E-state index in [0.717, 1.165) is 5.56 Å². The Labute approximate surface area is 208 Å². The van der Waals surface area contributed by atoms with Gasteiger partial charge in [-0.15, -0.1) is 0 Å².